The fourth-order valence-corrected chi connectivity index (χ4v) is 2.17. The standard InChI is InChI=1S/C12H13NO5/c14-12(18-11-3-1-2-4-13-11)17-10-7-16-9-6-15-5-8(9)10/h1-4,8-10H,5-7H2/t8-,9+,10+/m1/s1. The van der Waals surface area contributed by atoms with Crippen molar-refractivity contribution in [2.75, 3.05) is 19.8 Å². The van der Waals surface area contributed by atoms with Crippen LogP contribution in [0, 0.1) is 5.92 Å². The molecule has 0 aromatic carbocycles. The SMILES string of the molecule is O=C(Oc1ccccn1)O[C@H]1CO[C@H]2COC[C@H]21. The second kappa shape index (κ2) is 4.91. The van der Waals surface area contributed by atoms with Crippen LogP contribution in [0.2, 0.25) is 0 Å². The number of nitrogens with zero attached hydrogens (tertiary/aromatic N) is 1. The van der Waals surface area contributed by atoms with E-state index in [4.69, 9.17) is 18.9 Å². The Kier molecular flexibility index (Phi) is 3.12. The van der Waals surface area contributed by atoms with Gasteiger partial charge in [-0.25, -0.2) is 9.78 Å². The highest BCUT2D eigenvalue weighted by atomic mass is 16.7. The van der Waals surface area contributed by atoms with E-state index in [1.807, 2.05) is 0 Å². The molecule has 2 aliphatic heterocycles. The summed E-state index contributed by atoms with van der Waals surface area (Å²) in [6.45, 7) is 1.53. The number of carbonyl (C=O) groups excluding carboxylic acids is 1. The van der Waals surface area contributed by atoms with Gasteiger partial charge in [-0.3, -0.25) is 0 Å². The van der Waals surface area contributed by atoms with Crippen molar-refractivity contribution in [1.82, 2.24) is 4.98 Å². The molecule has 96 valence electrons. The predicted molar refractivity (Wildman–Crippen MR) is 59.2 cm³/mol. The molecule has 0 spiro atoms. The van der Waals surface area contributed by atoms with Crippen LogP contribution in [-0.4, -0.2) is 43.2 Å². The minimum absolute atomic E-state index is 0.0395. The Bertz CT molecular complexity index is 424. The van der Waals surface area contributed by atoms with Gasteiger partial charge >= 0.3 is 6.16 Å². The van der Waals surface area contributed by atoms with Gasteiger partial charge in [0.2, 0.25) is 5.88 Å². The van der Waals surface area contributed by atoms with Gasteiger partial charge in [0.15, 0.2) is 0 Å². The third-order valence-electron chi connectivity index (χ3n) is 3.10. The molecule has 0 bridgehead atoms. The summed E-state index contributed by atoms with van der Waals surface area (Å²) in [6.07, 6.45) is 0.531. The lowest BCUT2D eigenvalue weighted by Gasteiger charge is -2.14. The summed E-state index contributed by atoms with van der Waals surface area (Å²) in [5, 5.41) is 0. The van der Waals surface area contributed by atoms with Gasteiger partial charge in [-0.1, -0.05) is 6.07 Å². The molecule has 2 saturated heterocycles. The van der Waals surface area contributed by atoms with Crippen molar-refractivity contribution < 1.29 is 23.7 Å². The van der Waals surface area contributed by atoms with E-state index in [0.717, 1.165) is 0 Å². The topological polar surface area (TPSA) is 66.9 Å². The van der Waals surface area contributed by atoms with Crippen LogP contribution in [0.4, 0.5) is 4.79 Å². The van der Waals surface area contributed by atoms with Gasteiger partial charge in [0.1, 0.15) is 6.10 Å². The molecule has 6 heteroatoms. The Balaban J connectivity index is 1.55. The number of aromatic nitrogens is 1. The van der Waals surface area contributed by atoms with Crippen LogP contribution in [0.3, 0.4) is 0 Å². The zero-order chi connectivity index (χ0) is 12.4. The first-order chi connectivity index (χ1) is 8.83. The Morgan fingerprint density at radius 3 is 3.11 bits per heavy atom. The molecule has 0 radical (unpaired) electrons. The van der Waals surface area contributed by atoms with Crippen LogP contribution < -0.4 is 4.74 Å². The summed E-state index contributed by atoms with van der Waals surface area (Å²) in [4.78, 5) is 15.5. The zero-order valence-electron chi connectivity index (χ0n) is 9.65. The molecular weight excluding hydrogens is 238 g/mol. The van der Waals surface area contributed by atoms with Gasteiger partial charge < -0.3 is 18.9 Å². The zero-order valence-corrected chi connectivity index (χ0v) is 9.65. The van der Waals surface area contributed by atoms with Crippen LogP contribution in [0.1, 0.15) is 0 Å². The normalized spacial score (nSPS) is 29.9. The number of carbonyl (C=O) groups is 1. The quantitative estimate of drug-likeness (QED) is 0.731. The fraction of sp³-hybridized carbons (Fsp3) is 0.500. The Morgan fingerprint density at radius 1 is 1.33 bits per heavy atom. The average molecular weight is 251 g/mol. The van der Waals surface area contributed by atoms with E-state index in [0.29, 0.717) is 19.8 Å². The molecule has 3 atom stereocenters. The summed E-state index contributed by atoms with van der Waals surface area (Å²) in [6, 6.07) is 5.06. The van der Waals surface area contributed by atoms with Crippen molar-refractivity contribution in [2.24, 2.45) is 5.92 Å². The van der Waals surface area contributed by atoms with Crippen LogP contribution in [-0.2, 0) is 14.2 Å². The van der Waals surface area contributed by atoms with E-state index in [1.54, 1.807) is 24.4 Å². The Morgan fingerprint density at radius 2 is 2.28 bits per heavy atom. The highest BCUT2D eigenvalue weighted by molar-refractivity contribution is 5.63. The lowest BCUT2D eigenvalue weighted by atomic mass is 10.0. The molecule has 2 aliphatic rings. The summed E-state index contributed by atoms with van der Waals surface area (Å²) < 4.78 is 20.9. The van der Waals surface area contributed by atoms with E-state index < -0.39 is 6.16 Å². The first-order valence-corrected chi connectivity index (χ1v) is 5.82. The second-order valence-corrected chi connectivity index (χ2v) is 4.25. The van der Waals surface area contributed by atoms with Crippen molar-refractivity contribution in [2.45, 2.75) is 12.2 Å². The van der Waals surface area contributed by atoms with Gasteiger partial charge in [-0.05, 0) is 6.07 Å². The summed E-state index contributed by atoms with van der Waals surface area (Å²) >= 11 is 0. The van der Waals surface area contributed by atoms with Gasteiger partial charge in [0.25, 0.3) is 0 Å². The number of hydrogen-bond acceptors (Lipinski definition) is 6. The Labute approximate surface area is 104 Å². The number of pyridine rings is 1. The summed E-state index contributed by atoms with van der Waals surface area (Å²) in [5.74, 6) is 0.335. The monoisotopic (exact) mass is 251 g/mol. The second-order valence-electron chi connectivity index (χ2n) is 4.25. The first kappa shape index (κ1) is 11.4. The van der Waals surface area contributed by atoms with Crippen molar-refractivity contribution in [3.05, 3.63) is 24.4 Å². The molecule has 18 heavy (non-hydrogen) atoms. The largest absolute Gasteiger partial charge is 0.515 e. The molecule has 3 rings (SSSR count). The minimum Gasteiger partial charge on any atom is -0.428 e. The fourth-order valence-electron chi connectivity index (χ4n) is 2.17. The minimum atomic E-state index is -0.755. The highest BCUT2D eigenvalue weighted by Gasteiger charge is 2.44. The molecule has 0 aliphatic carbocycles. The van der Waals surface area contributed by atoms with Gasteiger partial charge in [-0.2, -0.15) is 0 Å². The van der Waals surface area contributed by atoms with Crippen LogP contribution in [0.25, 0.3) is 0 Å². The average Bonchev–Trinajstić information content (AvgIpc) is 2.95. The Hall–Kier alpha value is -1.66. The maximum absolute atomic E-state index is 11.6. The van der Waals surface area contributed by atoms with Gasteiger partial charge in [-0.15, -0.1) is 0 Å². The third-order valence-corrected chi connectivity index (χ3v) is 3.10. The number of ether oxygens (including phenoxy) is 4. The van der Waals surface area contributed by atoms with Crippen LogP contribution in [0.5, 0.6) is 5.88 Å². The lowest BCUT2D eigenvalue weighted by molar-refractivity contribution is 0.0152. The van der Waals surface area contributed by atoms with Crippen LogP contribution >= 0.6 is 0 Å². The van der Waals surface area contributed by atoms with Crippen LogP contribution in [0.15, 0.2) is 24.4 Å². The smallest absolute Gasteiger partial charge is 0.428 e. The predicted octanol–water partition coefficient (Wildman–Crippen LogP) is 1.01. The summed E-state index contributed by atoms with van der Waals surface area (Å²) in [7, 11) is 0. The van der Waals surface area contributed by atoms with E-state index in [1.165, 1.54) is 0 Å². The molecule has 1 aromatic heterocycles. The molecular formula is C12H13NO5. The third kappa shape index (κ3) is 2.30. The highest BCUT2D eigenvalue weighted by Crippen LogP contribution is 2.29. The lowest BCUT2D eigenvalue weighted by Crippen LogP contribution is -2.29. The molecule has 1 aromatic rings. The van der Waals surface area contributed by atoms with E-state index >= 15 is 0 Å². The van der Waals surface area contributed by atoms with E-state index in [2.05, 4.69) is 4.98 Å². The van der Waals surface area contributed by atoms with E-state index in [-0.39, 0.29) is 24.0 Å². The van der Waals surface area contributed by atoms with Gasteiger partial charge in [0.05, 0.1) is 31.8 Å². The number of hydrogen-bond donors (Lipinski definition) is 0. The van der Waals surface area contributed by atoms with Crippen molar-refractivity contribution in [1.29, 1.82) is 0 Å². The first-order valence-electron chi connectivity index (χ1n) is 5.82. The molecule has 0 saturated carbocycles. The number of rotatable bonds is 2. The van der Waals surface area contributed by atoms with Crippen molar-refractivity contribution in [3.63, 3.8) is 0 Å². The molecule has 0 unspecified atom stereocenters. The maximum atomic E-state index is 11.6. The maximum Gasteiger partial charge on any atom is 0.515 e. The van der Waals surface area contributed by atoms with Crippen molar-refractivity contribution >= 4 is 6.16 Å². The van der Waals surface area contributed by atoms with E-state index in [9.17, 15) is 4.79 Å². The summed E-state index contributed by atoms with van der Waals surface area (Å²) in [5.41, 5.74) is 0. The number of fused-ring (bicyclic) bond motifs is 1. The van der Waals surface area contributed by atoms with Crippen molar-refractivity contribution in [3.8, 4) is 5.88 Å². The molecule has 0 amide bonds. The molecule has 2 fully saturated rings. The van der Waals surface area contributed by atoms with Gasteiger partial charge in [0, 0.05) is 12.3 Å². The molecule has 0 N–H and O–H groups in total. The molecule has 3 heterocycles. The molecule has 6 nitrogen and oxygen atoms in total.